The van der Waals surface area contributed by atoms with Gasteiger partial charge in [-0.2, -0.15) is 0 Å². The Hall–Kier alpha value is -3.85. The van der Waals surface area contributed by atoms with Crippen LogP contribution in [0.2, 0.25) is 0 Å². The summed E-state index contributed by atoms with van der Waals surface area (Å²) in [5, 5.41) is 5.48. The molecule has 3 aromatic rings. The molecule has 0 radical (unpaired) electrons. The molecule has 0 saturated carbocycles. The maximum absolute atomic E-state index is 13.1. The second-order valence-electron chi connectivity index (χ2n) is 7.93. The van der Waals surface area contributed by atoms with Gasteiger partial charge < -0.3 is 15.4 Å². The second-order valence-corrected chi connectivity index (χ2v) is 9.79. The fourth-order valence-electron chi connectivity index (χ4n) is 3.46. The van der Waals surface area contributed by atoms with Gasteiger partial charge in [-0.3, -0.25) is 13.9 Å². The average Bonchev–Trinajstić information content (AvgIpc) is 2.84. The topological polar surface area (TPSA) is 105 Å². The Morgan fingerprint density at radius 3 is 2.14 bits per heavy atom. The van der Waals surface area contributed by atoms with Gasteiger partial charge in [0.25, 0.3) is 5.91 Å². The Kier molecular flexibility index (Phi) is 8.48. The van der Waals surface area contributed by atoms with Crippen molar-refractivity contribution in [3.63, 3.8) is 0 Å². The molecule has 0 unspecified atom stereocenters. The van der Waals surface area contributed by atoms with Crippen LogP contribution in [0.3, 0.4) is 0 Å². The molecule has 1 atom stereocenters. The Labute approximate surface area is 206 Å². The zero-order valence-electron chi connectivity index (χ0n) is 19.9. The smallest absolute Gasteiger partial charge is 0.253 e. The summed E-state index contributed by atoms with van der Waals surface area (Å²) in [4.78, 5) is 25.6. The number of anilines is 2. The third-order valence-corrected chi connectivity index (χ3v) is 6.37. The molecule has 0 aliphatic rings. The van der Waals surface area contributed by atoms with Crippen molar-refractivity contribution in [3.05, 3.63) is 84.4 Å². The van der Waals surface area contributed by atoms with E-state index in [0.29, 0.717) is 35.0 Å². The third-order valence-electron chi connectivity index (χ3n) is 5.12. The lowest BCUT2D eigenvalue weighted by atomic mass is 10.1. The predicted octanol–water partition coefficient (Wildman–Crippen LogP) is 4.41. The van der Waals surface area contributed by atoms with Crippen LogP contribution in [0.4, 0.5) is 11.4 Å². The van der Waals surface area contributed by atoms with Crippen LogP contribution in [0.25, 0.3) is 0 Å². The SMILES string of the molecule is CCCNC(=O)c1ccccc1NC(=O)[C@@H](C)N(c1ccc(Oc2ccccc2)cc1)S(C)(=O)=O. The quantitative estimate of drug-likeness (QED) is 0.433. The fraction of sp³-hybridized carbons (Fsp3) is 0.231. The van der Waals surface area contributed by atoms with E-state index in [-0.39, 0.29) is 5.91 Å². The molecule has 0 saturated heterocycles. The van der Waals surface area contributed by atoms with Gasteiger partial charge in [0.2, 0.25) is 15.9 Å². The highest BCUT2D eigenvalue weighted by Gasteiger charge is 2.30. The first-order chi connectivity index (χ1) is 16.7. The number of carbonyl (C=O) groups excluding carboxylic acids is 2. The minimum absolute atomic E-state index is 0.301. The van der Waals surface area contributed by atoms with Crippen molar-refractivity contribution in [2.45, 2.75) is 26.3 Å². The summed E-state index contributed by atoms with van der Waals surface area (Å²) < 4.78 is 32.1. The molecule has 9 heteroatoms. The number of carbonyl (C=O) groups is 2. The van der Waals surface area contributed by atoms with Gasteiger partial charge in [-0.25, -0.2) is 8.42 Å². The monoisotopic (exact) mass is 495 g/mol. The van der Waals surface area contributed by atoms with E-state index in [1.54, 1.807) is 48.5 Å². The van der Waals surface area contributed by atoms with E-state index in [1.807, 2.05) is 37.3 Å². The van der Waals surface area contributed by atoms with Gasteiger partial charge in [-0.15, -0.1) is 0 Å². The molecule has 35 heavy (non-hydrogen) atoms. The lowest BCUT2D eigenvalue weighted by Crippen LogP contribution is -2.45. The van der Waals surface area contributed by atoms with Crippen LogP contribution in [0.15, 0.2) is 78.9 Å². The zero-order chi connectivity index (χ0) is 25.4. The molecule has 0 aliphatic heterocycles. The van der Waals surface area contributed by atoms with Gasteiger partial charge in [0, 0.05) is 6.54 Å². The van der Waals surface area contributed by atoms with Gasteiger partial charge in [-0.1, -0.05) is 37.3 Å². The number of hydrogen-bond donors (Lipinski definition) is 2. The van der Waals surface area contributed by atoms with Gasteiger partial charge in [0.1, 0.15) is 17.5 Å². The van der Waals surface area contributed by atoms with Crippen molar-refractivity contribution in [2.75, 3.05) is 22.4 Å². The largest absolute Gasteiger partial charge is 0.457 e. The van der Waals surface area contributed by atoms with Crippen LogP contribution in [0.5, 0.6) is 11.5 Å². The van der Waals surface area contributed by atoms with Crippen LogP contribution in [-0.4, -0.2) is 39.1 Å². The molecule has 0 aliphatic carbocycles. The van der Waals surface area contributed by atoms with Crippen molar-refractivity contribution in [2.24, 2.45) is 0 Å². The third kappa shape index (κ3) is 6.83. The maximum atomic E-state index is 13.1. The molecule has 0 bridgehead atoms. The molecule has 0 fully saturated rings. The summed E-state index contributed by atoms with van der Waals surface area (Å²) in [5.41, 5.74) is 0.914. The molecule has 0 heterocycles. The summed E-state index contributed by atoms with van der Waals surface area (Å²) in [6.45, 7) is 3.93. The van der Waals surface area contributed by atoms with Gasteiger partial charge in [0.05, 0.1) is 23.2 Å². The number of hydrogen-bond acceptors (Lipinski definition) is 5. The molecule has 3 aromatic carbocycles. The number of ether oxygens (including phenoxy) is 1. The van der Waals surface area contributed by atoms with Crippen molar-refractivity contribution in [3.8, 4) is 11.5 Å². The molecule has 184 valence electrons. The lowest BCUT2D eigenvalue weighted by molar-refractivity contribution is -0.116. The van der Waals surface area contributed by atoms with Gasteiger partial charge in [0.15, 0.2) is 0 Å². The van der Waals surface area contributed by atoms with Gasteiger partial charge >= 0.3 is 0 Å². The number of nitrogens with zero attached hydrogens (tertiary/aromatic N) is 1. The average molecular weight is 496 g/mol. The molecular formula is C26H29N3O5S. The fourth-order valence-corrected chi connectivity index (χ4v) is 4.63. The van der Waals surface area contributed by atoms with E-state index in [4.69, 9.17) is 4.74 Å². The van der Waals surface area contributed by atoms with Crippen LogP contribution in [0.1, 0.15) is 30.6 Å². The standard InChI is InChI=1S/C26H29N3O5S/c1-4-18-27-26(31)23-12-8-9-13-24(23)28-25(30)19(2)29(35(3,32)33)20-14-16-22(17-15-20)34-21-10-6-5-7-11-21/h5-17,19H,4,18H2,1-3H3,(H,27,31)(H,28,30)/t19-/m1/s1. The Balaban J connectivity index is 1.80. The molecule has 0 aromatic heterocycles. The minimum Gasteiger partial charge on any atom is -0.457 e. The number of rotatable bonds is 10. The van der Waals surface area contributed by atoms with Crippen LogP contribution >= 0.6 is 0 Å². The number of para-hydroxylation sites is 2. The highest BCUT2D eigenvalue weighted by molar-refractivity contribution is 7.92. The van der Waals surface area contributed by atoms with E-state index >= 15 is 0 Å². The normalized spacial score (nSPS) is 11.9. The highest BCUT2D eigenvalue weighted by atomic mass is 32.2. The van der Waals surface area contributed by atoms with E-state index in [9.17, 15) is 18.0 Å². The second kappa shape index (κ2) is 11.5. The van der Waals surface area contributed by atoms with Crippen molar-refractivity contribution >= 4 is 33.2 Å². The summed E-state index contributed by atoms with van der Waals surface area (Å²) >= 11 is 0. The zero-order valence-corrected chi connectivity index (χ0v) is 20.7. The molecule has 8 nitrogen and oxygen atoms in total. The summed E-state index contributed by atoms with van der Waals surface area (Å²) in [6, 6.07) is 21.1. The van der Waals surface area contributed by atoms with E-state index in [0.717, 1.165) is 17.0 Å². The number of amides is 2. The Bertz CT molecular complexity index is 1260. The Morgan fingerprint density at radius 1 is 0.914 bits per heavy atom. The summed E-state index contributed by atoms with van der Waals surface area (Å²) in [7, 11) is -3.81. The van der Waals surface area contributed by atoms with Crippen LogP contribution in [0, 0.1) is 0 Å². The summed E-state index contributed by atoms with van der Waals surface area (Å²) in [5.74, 6) is 0.285. The number of nitrogens with one attached hydrogen (secondary N) is 2. The molecule has 2 N–H and O–H groups in total. The summed E-state index contributed by atoms with van der Waals surface area (Å²) in [6.07, 6.45) is 1.81. The number of sulfonamides is 1. The van der Waals surface area contributed by atoms with Gasteiger partial charge in [-0.05, 0) is 61.9 Å². The molecule has 0 spiro atoms. The first kappa shape index (κ1) is 25.8. The van der Waals surface area contributed by atoms with E-state index in [2.05, 4.69) is 10.6 Å². The lowest BCUT2D eigenvalue weighted by Gasteiger charge is -2.28. The minimum atomic E-state index is -3.81. The predicted molar refractivity (Wildman–Crippen MR) is 137 cm³/mol. The molecule has 3 rings (SSSR count). The van der Waals surface area contributed by atoms with E-state index in [1.165, 1.54) is 6.92 Å². The van der Waals surface area contributed by atoms with E-state index < -0.39 is 22.0 Å². The van der Waals surface area contributed by atoms with Crippen LogP contribution in [-0.2, 0) is 14.8 Å². The molecular weight excluding hydrogens is 466 g/mol. The first-order valence-electron chi connectivity index (χ1n) is 11.2. The Morgan fingerprint density at radius 2 is 1.51 bits per heavy atom. The first-order valence-corrected chi connectivity index (χ1v) is 13.1. The van der Waals surface area contributed by atoms with Crippen molar-refractivity contribution in [1.82, 2.24) is 5.32 Å². The molecule has 2 amide bonds. The van der Waals surface area contributed by atoms with Crippen LogP contribution < -0.4 is 19.7 Å². The van der Waals surface area contributed by atoms with Crippen molar-refractivity contribution < 1.29 is 22.7 Å². The number of benzene rings is 3. The van der Waals surface area contributed by atoms with Crippen molar-refractivity contribution in [1.29, 1.82) is 0 Å². The highest BCUT2D eigenvalue weighted by Crippen LogP contribution is 2.27. The maximum Gasteiger partial charge on any atom is 0.253 e.